The van der Waals surface area contributed by atoms with Crippen molar-refractivity contribution in [3.05, 3.63) is 72.1 Å². The Labute approximate surface area is 152 Å². The Balaban J connectivity index is 1.48. The van der Waals surface area contributed by atoms with Gasteiger partial charge in [0.15, 0.2) is 0 Å². The van der Waals surface area contributed by atoms with Crippen molar-refractivity contribution in [2.45, 2.75) is 12.8 Å². The second-order valence-electron chi connectivity index (χ2n) is 6.41. The second kappa shape index (κ2) is 7.64. The number of fused-ring (bicyclic) bond motifs is 2. The number of hydrogen-bond donors (Lipinski definition) is 3. The van der Waals surface area contributed by atoms with Crippen LogP contribution in [0.2, 0.25) is 0 Å². The normalized spacial score (nSPS) is 11.4. The molecule has 0 bridgehead atoms. The van der Waals surface area contributed by atoms with E-state index < -0.39 is 0 Å². The van der Waals surface area contributed by atoms with E-state index in [1.54, 1.807) is 7.11 Å². The van der Waals surface area contributed by atoms with E-state index in [-0.39, 0.29) is 0 Å². The third-order valence-electron chi connectivity index (χ3n) is 4.79. The minimum atomic E-state index is 0.792. The number of aromatic nitrogens is 2. The van der Waals surface area contributed by atoms with Gasteiger partial charge in [0.2, 0.25) is 0 Å². The maximum absolute atomic E-state index is 4.95. The van der Waals surface area contributed by atoms with Crippen LogP contribution >= 0.6 is 0 Å². The Bertz CT molecular complexity index is 1000. The summed E-state index contributed by atoms with van der Waals surface area (Å²) in [4.78, 5) is 8.29. The quantitative estimate of drug-likeness (QED) is 0.337. The maximum atomic E-state index is 4.95. The van der Waals surface area contributed by atoms with Crippen LogP contribution in [-0.4, -0.2) is 29.9 Å². The maximum Gasteiger partial charge on any atom is 0.0695 e. The van der Waals surface area contributed by atoms with Gasteiger partial charge >= 0.3 is 0 Å². The Hall–Kier alpha value is -2.76. The topological polar surface area (TPSA) is 54.0 Å². The van der Waals surface area contributed by atoms with Crippen molar-refractivity contribution in [1.82, 2.24) is 15.1 Å². The molecule has 0 saturated heterocycles. The van der Waals surface area contributed by atoms with Gasteiger partial charge in [0.05, 0.1) is 12.6 Å². The standard InChI is InChI=1S/C21H24N4O/c1-26-24-13-11-17-15-25(21-9-5-3-7-19(17)21)23-12-10-16-14-22-20-8-4-2-6-18(16)20/h2-9,14-15,22-24H,10-13H2,1H3. The van der Waals surface area contributed by atoms with E-state index in [1.165, 1.54) is 32.9 Å². The molecule has 2 aromatic carbocycles. The largest absolute Gasteiger partial charge is 0.361 e. The molecular weight excluding hydrogens is 324 g/mol. The Morgan fingerprint density at radius 3 is 2.58 bits per heavy atom. The van der Waals surface area contributed by atoms with E-state index in [0.29, 0.717) is 0 Å². The van der Waals surface area contributed by atoms with Gasteiger partial charge in [0.25, 0.3) is 0 Å². The van der Waals surface area contributed by atoms with Gasteiger partial charge in [0, 0.05) is 41.8 Å². The molecule has 134 valence electrons. The van der Waals surface area contributed by atoms with Gasteiger partial charge in [0.1, 0.15) is 0 Å². The van der Waals surface area contributed by atoms with E-state index in [4.69, 9.17) is 4.84 Å². The first-order chi connectivity index (χ1) is 12.9. The summed E-state index contributed by atoms with van der Waals surface area (Å²) < 4.78 is 2.15. The summed E-state index contributed by atoms with van der Waals surface area (Å²) in [7, 11) is 1.65. The zero-order valence-electron chi connectivity index (χ0n) is 15.0. The molecule has 0 atom stereocenters. The van der Waals surface area contributed by atoms with Crippen LogP contribution in [0, 0.1) is 0 Å². The monoisotopic (exact) mass is 348 g/mol. The molecule has 0 aliphatic heterocycles. The first-order valence-electron chi connectivity index (χ1n) is 9.00. The van der Waals surface area contributed by atoms with Crippen molar-refractivity contribution < 1.29 is 4.84 Å². The summed E-state index contributed by atoms with van der Waals surface area (Å²) in [6.07, 6.45) is 6.20. The average molecular weight is 348 g/mol. The SMILES string of the molecule is CONCCc1cn(NCCc2c[nH]c3ccccc23)c2ccccc12. The van der Waals surface area contributed by atoms with Crippen molar-refractivity contribution in [3.63, 3.8) is 0 Å². The van der Waals surface area contributed by atoms with Crippen molar-refractivity contribution in [2.75, 3.05) is 25.6 Å². The van der Waals surface area contributed by atoms with Gasteiger partial charge in [-0.15, -0.1) is 0 Å². The molecule has 4 rings (SSSR count). The first-order valence-corrected chi connectivity index (χ1v) is 9.00. The van der Waals surface area contributed by atoms with Gasteiger partial charge in [-0.3, -0.25) is 4.68 Å². The fraction of sp³-hybridized carbons (Fsp3) is 0.238. The highest BCUT2D eigenvalue weighted by Crippen LogP contribution is 2.21. The van der Waals surface area contributed by atoms with Crippen LogP contribution in [0.5, 0.6) is 0 Å². The number of hydrogen-bond acceptors (Lipinski definition) is 3. The zero-order chi connectivity index (χ0) is 17.8. The lowest BCUT2D eigenvalue weighted by atomic mass is 10.1. The minimum Gasteiger partial charge on any atom is -0.361 e. The van der Waals surface area contributed by atoms with Gasteiger partial charge in [-0.05, 0) is 36.1 Å². The Morgan fingerprint density at radius 2 is 1.69 bits per heavy atom. The molecule has 4 aromatic rings. The number of rotatable bonds is 8. The molecule has 3 N–H and O–H groups in total. The molecule has 0 aliphatic carbocycles. The number of benzene rings is 2. The molecule has 0 saturated carbocycles. The van der Waals surface area contributed by atoms with E-state index in [1.807, 2.05) is 0 Å². The van der Waals surface area contributed by atoms with Gasteiger partial charge < -0.3 is 15.2 Å². The number of para-hydroxylation sites is 2. The molecule has 0 amide bonds. The van der Waals surface area contributed by atoms with E-state index >= 15 is 0 Å². The lowest BCUT2D eigenvalue weighted by Crippen LogP contribution is -2.17. The lowest BCUT2D eigenvalue weighted by molar-refractivity contribution is 0.0928. The highest BCUT2D eigenvalue weighted by atomic mass is 16.6. The molecule has 2 aromatic heterocycles. The van der Waals surface area contributed by atoms with Gasteiger partial charge in [-0.2, -0.15) is 0 Å². The van der Waals surface area contributed by atoms with Crippen LogP contribution in [0.1, 0.15) is 11.1 Å². The number of H-pyrrole nitrogens is 1. The zero-order valence-corrected chi connectivity index (χ0v) is 15.0. The van der Waals surface area contributed by atoms with Crippen LogP contribution < -0.4 is 10.9 Å². The van der Waals surface area contributed by atoms with Gasteiger partial charge in [-0.1, -0.05) is 36.4 Å². The minimum absolute atomic E-state index is 0.792. The Morgan fingerprint density at radius 1 is 0.923 bits per heavy atom. The van der Waals surface area contributed by atoms with Crippen molar-refractivity contribution in [2.24, 2.45) is 0 Å². The van der Waals surface area contributed by atoms with Crippen LogP contribution in [-0.2, 0) is 17.7 Å². The molecule has 0 unspecified atom stereocenters. The van der Waals surface area contributed by atoms with E-state index in [0.717, 1.165) is 25.9 Å². The molecular formula is C21H24N4O. The summed E-state index contributed by atoms with van der Waals surface area (Å²) in [6, 6.07) is 16.9. The molecule has 5 heteroatoms. The second-order valence-corrected chi connectivity index (χ2v) is 6.41. The van der Waals surface area contributed by atoms with Crippen LogP contribution in [0.15, 0.2) is 60.9 Å². The number of hydroxylamine groups is 1. The van der Waals surface area contributed by atoms with Crippen molar-refractivity contribution in [3.8, 4) is 0 Å². The molecule has 0 radical (unpaired) electrons. The van der Waals surface area contributed by atoms with Crippen LogP contribution in [0.3, 0.4) is 0 Å². The number of nitrogens with zero attached hydrogens (tertiary/aromatic N) is 1. The molecule has 2 heterocycles. The molecule has 5 nitrogen and oxygen atoms in total. The third kappa shape index (κ3) is 3.31. The molecule has 0 spiro atoms. The first kappa shape index (κ1) is 16.7. The molecule has 26 heavy (non-hydrogen) atoms. The average Bonchev–Trinajstić information content (AvgIpc) is 3.25. The van der Waals surface area contributed by atoms with E-state index in [2.05, 4.69) is 81.5 Å². The number of aromatic amines is 1. The van der Waals surface area contributed by atoms with Crippen LogP contribution in [0.25, 0.3) is 21.8 Å². The fourth-order valence-electron chi connectivity index (χ4n) is 3.52. The summed E-state index contributed by atoms with van der Waals surface area (Å²) in [5, 5.41) is 2.59. The third-order valence-corrected chi connectivity index (χ3v) is 4.79. The Kier molecular flexibility index (Phi) is 4.91. The van der Waals surface area contributed by atoms with Crippen molar-refractivity contribution in [1.29, 1.82) is 0 Å². The van der Waals surface area contributed by atoms with Gasteiger partial charge in [-0.25, -0.2) is 5.48 Å². The highest BCUT2D eigenvalue weighted by molar-refractivity contribution is 5.84. The summed E-state index contributed by atoms with van der Waals surface area (Å²) >= 11 is 0. The number of nitrogens with one attached hydrogen (secondary N) is 3. The summed E-state index contributed by atoms with van der Waals surface area (Å²) in [5.74, 6) is 0. The lowest BCUT2D eigenvalue weighted by Gasteiger charge is -2.09. The molecule has 0 aliphatic rings. The highest BCUT2D eigenvalue weighted by Gasteiger charge is 2.08. The fourth-order valence-corrected chi connectivity index (χ4v) is 3.52. The summed E-state index contributed by atoms with van der Waals surface area (Å²) in [5.41, 5.74) is 11.5. The smallest absolute Gasteiger partial charge is 0.0695 e. The molecule has 0 fully saturated rings. The predicted molar refractivity (Wildman–Crippen MR) is 107 cm³/mol. The van der Waals surface area contributed by atoms with E-state index in [9.17, 15) is 0 Å². The predicted octanol–water partition coefficient (Wildman–Crippen LogP) is 3.60. The summed E-state index contributed by atoms with van der Waals surface area (Å²) in [6.45, 7) is 1.66. The van der Waals surface area contributed by atoms with Crippen LogP contribution in [0.4, 0.5) is 0 Å². The van der Waals surface area contributed by atoms with Crippen molar-refractivity contribution >= 4 is 21.8 Å².